The average molecular weight is 337 g/mol. The molecule has 7 nitrogen and oxygen atoms in total. The second-order valence-electron chi connectivity index (χ2n) is 6.25. The van der Waals surface area contributed by atoms with Crippen molar-refractivity contribution in [1.29, 1.82) is 0 Å². The summed E-state index contributed by atoms with van der Waals surface area (Å²) in [5.41, 5.74) is 5.18. The third-order valence-corrected chi connectivity index (χ3v) is 4.31. The first-order valence-corrected chi connectivity index (χ1v) is 8.09. The number of aryl methyl sites for hydroxylation is 3. The summed E-state index contributed by atoms with van der Waals surface area (Å²) < 4.78 is 9.61. The highest BCUT2D eigenvalue weighted by molar-refractivity contribution is 6.00. The Balaban J connectivity index is 1.76. The number of hydrogen-bond acceptors (Lipinski definition) is 4. The Labute approximate surface area is 145 Å². The molecule has 3 heterocycles. The average Bonchev–Trinajstić information content (AvgIpc) is 3.24. The lowest BCUT2D eigenvalue weighted by atomic mass is 10.0. The van der Waals surface area contributed by atoms with E-state index < -0.39 is 0 Å². The molecule has 1 amide bonds. The van der Waals surface area contributed by atoms with E-state index in [0.29, 0.717) is 18.7 Å². The van der Waals surface area contributed by atoms with Crippen molar-refractivity contribution >= 4 is 5.91 Å². The van der Waals surface area contributed by atoms with Crippen molar-refractivity contribution < 1.29 is 9.53 Å². The van der Waals surface area contributed by atoms with Crippen molar-refractivity contribution in [3.05, 3.63) is 53.0 Å². The first-order valence-electron chi connectivity index (χ1n) is 8.09. The molecule has 0 atom stereocenters. The Bertz CT molecular complexity index is 970. The molecule has 0 unspecified atom stereocenters. The number of amides is 1. The zero-order valence-electron chi connectivity index (χ0n) is 14.4. The fourth-order valence-electron chi connectivity index (χ4n) is 3.12. The van der Waals surface area contributed by atoms with Crippen LogP contribution in [0, 0.1) is 6.92 Å². The number of hydrogen-bond donors (Lipinski definition) is 1. The third kappa shape index (κ3) is 2.77. The van der Waals surface area contributed by atoms with E-state index in [-0.39, 0.29) is 5.91 Å². The summed E-state index contributed by atoms with van der Waals surface area (Å²) in [5, 5.41) is 11.6. The van der Waals surface area contributed by atoms with Gasteiger partial charge in [0.2, 0.25) is 0 Å². The Kier molecular flexibility index (Phi) is 3.56. The van der Waals surface area contributed by atoms with E-state index in [1.165, 1.54) is 0 Å². The minimum atomic E-state index is -0.0496. The van der Waals surface area contributed by atoms with Crippen molar-refractivity contribution in [3.8, 4) is 17.0 Å². The fourth-order valence-corrected chi connectivity index (χ4v) is 3.12. The van der Waals surface area contributed by atoms with Crippen LogP contribution >= 0.6 is 0 Å². The van der Waals surface area contributed by atoms with E-state index in [9.17, 15) is 4.79 Å². The number of benzene rings is 1. The second kappa shape index (κ2) is 5.77. The van der Waals surface area contributed by atoms with Crippen LogP contribution in [0.1, 0.15) is 27.3 Å². The van der Waals surface area contributed by atoms with Crippen LogP contribution in [0.3, 0.4) is 0 Å². The molecule has 25 heavy (non-hydrogen) atoms. The highest BCUT2D eigenvalue weighted by Crippen LogP contribution is 2.35. The molecule has 3 aromatic rings. The zero-order chi connectivity index (χ0) is 17.6. The molecule has 2 aromatic heterocycles. The normalized spacial score (nSPS) is 13.0. The molecule has 1 aromatic carbocycles. The van der Waals surface area contributed by atoms with Gasteiger partial charge in [-0.2, -0.15) is 10.2 Å². The molecule has 0 saturated carbocycles. The number of rotatable bonds is 4. The molecular weight excluding hydrogens is 318 g/mol. The molecule has 0 saturated heterocycles. The largest absolute Gasteiger partial charge is 0.487 e. The van der Waals surface area contributed by atoms with Gasteiger partial charge in [0.1, 0.15) is 12.4 Å². The van der Waals surface area contributed by atoms with Gasteiger partial charge in [-0.05, 0) is 36.8 Å². The highest BCUT2D eigenvalue weighted by atomic mass is 16.5. The maximum Gasteiger partial charge on any atom is 0.251 e. The van der Waals surface area contributed by atoms with Crippen molar-refractivity contribution in [3.63, 3.8) is 0 Å². The van der Waals surface area contributed by atoms with Crippen LogP contribution in [-0.2, 0) is 27.2 Å². The van der Waals surface area contributed by atoms with Gasteiger partial charge in [-0.15, -0.1) is 0 Å². The van der Waals surface area contributed by atoms with Crippen LogP contribution in [0.4, 0.5) is 0 Å². The van der Waals surface area contributed by atoms with E-state index in [4.69, 9.17) is 4.74 Å². The predicted molar refractivity (Wildman–Crippen MR) is 92.1 cm³/mol. The summed E-state index contributed by atoms with van der Waals surface area (Å²) in [6.45, 7) is 2.83. The predicted octanol–water partition coefficient (Wildman–Crippen LogP) is 1.95. The first-order chi connectivity index (χ1) is 12.0. The van der Waals surface area contributed by atoms with Gasteiger partial charge in [0, 0.05) is 38.0 Å². The monoisotopic (exact) mass is 337 g/mol. The lowest BCUT2D eigenvalue weighted by Gasteiger charge is -2.13. The first kappa shape index (κ1) is 15.4. The van der Waals surface area contributed by atoms with Crippen molar-refractivity contribution in [2.45, 2.75) is 20.1 Å². The maximum atomic E-state index is 12.0. The van der Waals surface area contributed by atoms with Gasteiger partial charge in [-0.3, -0.25) is 14.2 Å². The van der Waals surface area contributed by atoms with E-state index in [0.717, 1.165) is 34.0 Å². The Hall–Kier alpha value is -3.09. The third-order valence-electron chi connectivity index (χ3n) is 4.31. The van der Waals surface area contributed by atoms with Gasteiger partial charge >= 0.3 is 0 Å². The Morgan fingerprint density at radius 1 is 1.20 bits per heavy atom. The van der Waals surface area contributed by atoms with Gasteiger partial charge in [0.05, 0.1) is 17.1 Å². The fraction of sp³-hybridized carbons (Fsp3) is 0.278. The Morgan fingerprint density at radius 3 is 2.72 bits per heavy atom. The summed E-state index contributed by atoms with van der Waals surface area (Å²) in [5.74, 6) is 0.676. The molecule has 4 rings (SSSR count). The smallest absolute Gasteiger partial charge is 0.251 e. The number of nitrogens with one attached hydrogen (secondary N) is 1. The van der Waals surface area contributed by atoms with Crippen LogP contribution in [0.5, 0.6) is 5.75 Å². The van der Waals surface area contributed by atoms with Crippen molar-refractivity contribution in [2.24, 2.45) is 14.1 Å². The number of carbonyl (C=O) groups excluding carboxylic acids is 1. The molecular formula is C18H19N5O2. The summed E-state index contributed by atoms with van der Waals surface area (Å²) in [6, 6.07) is 7.74. The van der Waals surface area contributed by atoms with Crippen LogP contribution in [0.2, 0.25) is 0 Å². The van der Waals surface area contributed by atoms with Crippen molar-refractivity contribution in [2.75, 3.05) is 0 Å². The van der Waals surface area contributed by atoms with E-state index in [1.807, 2.05) is 51.5 Å². The van der Waals surface area contributed by atoms with Crippen LogP contribution in [0.15, 0.2) is 30.5 Å². The number of carbonyl (C=O) groups is 1. The summed E-state index contributed by atoms with van der Waals surface area (Å²) in [6.07, 6.45) is 1.88. The van der Waals surface area contributed by atoms with E-state index in [1.54, 1.807) is 9.36 Å². The summed E-state index contributed by atoms with van der Waals surface area (Å²) >= 11 is 0. The van der Waals surface area contributed by atoms with Gasteiger partial charge < -0.3 is 10.1 Å². The van der Waals surface area contributed by atoms with E-state index >= 15 is 0 Å². The number of nitrogens with zero attached hydrogens (tertiary/aromatic N) is 4. The number of ether oxygens (including phenoxy) is 1. The lowest BCUT2D eigenvalue weighted by Crippen LogP contribution is -2.12. The minimum Gasteiger partial charge on any atom is -0.487 e. The van der Waals surface area contributed by atoms with E-state index in [2.05, 4.69) is 15.5 Å². The molecule has 0 radical (unpaired) electrons. The molecule has 1 aliphatic heterocycles. The molecule has 1 aliphatic rings. The van der Waals surface area contributed by atoms with Crippen LogP contribution in [0.25, 0.3) is 11.3 Å². The highest BCUT2D eigenvalue weighted by Gasteiger charge is 2.23. The molecule has 0 aliphatic carbocycles. The molecule has 0 bridgehead atoms. The second-order valence-corrected chi connectivity index (χ2v) is 6.25. The SMILES string of the molecule is Cc1cc(-c2cc3c(cc2OCc2ccn(C)n2)CNC3=O)n(C)n1. The number of aromatic nitrogens is 4. The molecule has 0 fully saturated rings. The lowest BCUT2D eigenvalue weighted by molar-refractivity contribution is 0.0966. The summed E-state index contributed by atoms with van der Waals surface area (Å²) in [7, 11) is 3.76. The maximum absolute atomic E-state index is 12.0. The molecule has 1 N–H and O–H groups in total. The minimum absolute atomic E-state index is 0.0496. The van der Waals surface area contributed by atoms with Crippen molar-refractivity contribution in [1.82, 2.24) is 24.9 Å². The molecule has 128 valence electrons. The molecule has 7 heteroatoms. The Morgan fingerprint density at radius 2 is 2.04 bits per heavy atom. The quantitative estimate of drug-likeness (QED) is 0.790. The topological polar surface area (TPSA) is 74.0 Å². The standard InChI is InChI=1S/C18H19N5O2/c1-11-6-16(23(3)20-11)15-8-14-12(9-19-18(14)24)7-17(15)25-10-13-4-5-22(2)21-13/h4-8H,9-10H2,1-3H3,(H,19,24). The van der Waals surface area contributed by atoms with Gasteiger partial charge in [-0.25, -0.2) is 0 Å². The van der Waals surface area contributed by atoms with Crippen LogP contribution in [-0.4, -0.2) is 25.5 Å². The van der Waals surface area contributed by atoms with Gasteiger partial charge in [0.25, 0.3) is 5.91 Å². The number of fused-ring (bicyclic) bond motifs is 1. The van der Waals surface area contributed by atoms with Crippen LogP contribution < -0.4 is 10.1 Å². The van der Waals surface area contributed by atoms with Gasteiger partial charge in [-0.1, -0.05) is 0 Å². The van der Waals surface area contributed by atoms with Gasteiger partial charge in [0.15, 0.2) is 0 Å². The molecule has 0 spiro atoms. The zero-order valence-corrected chi connectivity index (χ0v) is 14.4. The summed E-state index contributed by atoms with van der Waals surface area (Å²) in [4.78, 5) is 12.0.